The maximum Gasteiger partial charge on any atom is 0.266 e. The number of β-amino-alcohol motifs (C(OH)–C–C–N with tert-alkyl or cyclic N) is 1. The third-order valence-electron chi connectivity index (χ3n) is 6.07. The van der Waals surface area contributed by atoms with Gasteiger partial charge in [-0.15, -0.1) is 24.8 Å². The first-order chi connectivity index (χ1) is 15.2. The van der Waals surface area contributed by atoms with E-state index in [0.717, 1.165) is 13.1 Å². The number of carbonyl (C=O) groups is 1. The van der Waals surface area contributed by atoms with Crippen molar-refractivity contribution in [1.29, 1.82) is 0 Å². The van der Waals surface area contributed by atoms with Crippen LogP contribution < -0.4 is 9.21 Å². The normalized spacial score (nSPS) is 17.6. The third kappa shape index (κ3) is 5.31. The zero-order chi connectivity index (χ0) is 23.0. The van der Waals surface area contributed by atoms with Gasteiger partial charge in [0, 0.05) is 44.8 Å². The molecule has 0 radical (unpaired) electrons. The Kier molecular flexibility index (Phi) is 9.63. The fraction of sp³-hybridized carbons (Fsp3) is 0.409. The molecule has 0 saturated carbocycles. The molecule has 1 saturated heterocycles. The van der Waals surface area contributed by atoms with Gasteiger partial charge in [-0.1, -0.05) is 23.7 Å². The molecule has 0 unspecified atom stereocenters. The molecule has 8 nitrogen and oxygen atoms in total. The maximum absolute atomic E-state index is 13.6. The van der Waals surface area contributed by atoms with Crippen molar-refractivity contribution in [3.63, 3.8) is 0 Å². The van der Waals surface area contributed by atoms with Crippen molar-refractivity contribution in [2.45, 2.75) is 11.8 Å². The van der Waals surface area contributed by atoms with Crippen LogP contribution >= 0.6 is 36.4 Å². The minimum absolute atomic E-state index is 0. The van der Waals surface area contributed by atoms with Gasteiger partial charge in [0.25, 0.3) is 10.0 Å². The van der Waals surface area contributed by atoms with Crippen LogP contribution in [0.5, 0.6) is 0 Å². The Bertz CT molecular complexity index is 1140. The van der Waals surface area contributed by atoms with Crippen molar-refractivity contribution >= 4 is 69.4 Å². The van der Waals surface area contributed by atoms with Crippen LogP contribution in [0.1, 0.15) is 5.56 Å². The standard InChI is InChI=1S/C22H27ClN4O4S.2ClH/c1-16-13-21-20(14-17(16)23)27(19-6-4-3-5-18(19)24(2)32(21,30)31)22(29)15-26-9-7-25(8-10-26)11-12-28;;/h3-6,13-14,28H,7-12,15H2,1-2H3;2*1H. The molecule has 2 heterocycles. The van der Waals surface area contributed by atoms with Crippen LogP contribution in [0.3, 0.4) is 0 Å². The number of hydrogen-bond donors (Lipinski definition) is 1. The average molecular weight is 552 g/mol. The molecule has 2 aromatic rings. The zero-order valence-electron chi connectivity index (χ0n) is 19.0. The summed E-state index contributed by atoms with van der Waals surface area (Å²) >= 11 is 6.38. The molecule has 2 aliphatic rings. The highest BCUT2D eigenvalue weighted by molar-refractivity contribution is 7.93. The number of benzene rings is 2. The minimum Gasteiger partial charge on any atom is -0.395 e. The number of piperazine rings is 1. The zero-order valence-corrected chi connectivity index (χ0v) is 22.2. The van der Waals surface area contributed by atoms with Crippen molar-refractivity contribution in [2.24, 2.45) is 0 Å². The van der Waals surface area contributed by atoms with Crippen LogP contribution in [-0.2, 0) is 14.8 Å². The SMILES string of the molecule is Cc1cc2c(cc1Cl)N(C(=O)CN1CCN(CCO)CC1)c1ccccc1N(C)S2(=O)=O.Cl.Cl. The predicted octanol–water partition coefficient (Wildman–Crippen LogP) is 2.91. The van der Waals surface area contributed by atoms with Crippen LogP contribution in [0.15, 0.2) is 41.3 Å². The number of halogens is 3. The second-order valence-electron chi connectivity index (χ2n) is 8.10. The van der Waals surface area contributed by atoms with Gasteiger partial charge in [0.15, 0.2) is 0 Å². The first-order valence-electron chi connectivity index (χ1n) is 10.5. The molecular weight excluding hydrogens is 523 g/mol. The number of rotatable bonds is 4. The molecule has 4 rings (SSSR count). The van der Waals surface area contributed by atoms with E-state index in [1.165, 1.54) is 22.3 Å². The van der Waals surface area contributed by atoms with Crippen LogP contribution in [0, 0.1) is 6.92 Å². The van der Waals surface area contributed by atoms with E-state index in [0.29, 0.717) is 41.6 Å². The Morgan fingerprint density at radius 2 is 1.59 bits per heavy atom. The van der Waals surface area contributed by atoms with Gasteiger partial charge in [0.1, 0.15) is 4.90 Å². The van der Waals surface area contributed by atoms with Crippen LogP contribution in [-0.4, -0.2) is 82.2 Å². The van der Waals surface area contributed by atoms with Crippen molar-refractivity contribution in [2.75, 3.05) is 62.1 Å². The second kappa shape index (κ2) is 11.4. The molecule has 188 valence electrons. The lowest BCUT2D eigenvalue weighted by atomic mass is 10.1. The summed E-state index contributed by atoms with van der Waals surface area (Å²) in [5.41, 5.74) is 1.82. The summed E-state index contributed by atoms with van der Waals surface area (Å²) in [6.07, 6.45) is 0. The summed E-state index contributed by atoms with van der Waals surface area (Å²) in [6, 6.07) is 10.1. The van der Waals surface area contributed by atoms with Crippen molar-refractivity contribution < 1.29 is 18.3 Å². The van der Waals surface area contributed by atoms with Gasteiger partial charge in [-0.25, -0.2) is 8.42 Å². The van der Waals surface area contributed by atoms with Gasteiger partial charge in [-0.05, 0) is 36.8 Å². The Balaban J connectivity index is 0.00000204. The third-order valence-corrected chi connectivity index (χ3v) is 8.28. The highest BCUT2D eigenvalue weighted by Crippen LogP contribution is 2.44. The quantitative estimate of drug-likeness (QED) is 0.629. The lowest BCUT2D eigenvalue weighted by Gasteiger charge is -2.35. The van der Waals surface area contributed by atoms with Gasteiger partial charge in [0.2, 0.25) is 5.91 Å². The number of carbonyl (C=O) groups excluding carboxylic acids is 1. The predicted molar refractivity (Wildman–Crippen MR) is 140 cm³/mol. The van der Waals surface area contributed by atoms with E-state index in [2.05, 4.69) is 9.80 Å². The Morgan fingerprint density at radius 3 is 2.21 bits per heavy atom. The van der Waals surface area contributed by atoms with Gasteiger partial charge >= 0.3 is 0 Å². The summed E-state index contributed by atoms with van der Waals surface area (Å²) in [5.74, 6) is -0.222. The Morgan fingerprint density at radius 1 is 1.00 bits per heavy atom. The van der Waals surface area contributed by atoms with Gasteiger partial charge in [-0.3, -0.25) is 23.8 Å². The van der Waals surface area contributed by atoms with Crippen molar-refractivity contribution in [3.05, 3.63) is 47.0 Å². The fourth-order valence-electron chi connectivity index (χ4n) is 4.20. The molecule has 2 aromatic carbocycles. The van der Waals surface area contributed by atoms with Crippen LogP contribution in [0.25, 0.3) is 0 Å². The second-order valence-corrected chi connectivity index (χ2v) is 10.4. The molecular formula is C22H29Cl3N4O4S. The molecule has 12 heteroatoms. The molecule has 0 aliphatic carbocycles. The largest absolute Gasteiger partial charge is 0.395 e. The fourth-order valence-corrected chi connectivity index (χ4v) is 5.80. The highest BCUT2D eigenvalue weighted by Gasteiger charge is 2.37. The Hall–Kier alpha value is -1.59. The molecule has 0 spiro atoms. The lowest BCUT2D eigenvalue weighted by Crippen LogP contribution is -2.50. The number of amides is 1. The summed E-state index contributed by atoms with van der Waals surface area (Å²) in [6.45, 7) is 5.55. The number of aliphatic hydroxyl groups is 1. The first kappa shape index (κ1) is 28.6. The molecule has 0 bridgehead atoms. The molecule has 0 atom stereocenters. The first-order valence-corrected chi connectivity index (χ1v) is 12.3. The van der Waals surface area contributed by atoms with E-state index in [9.17, 15) is 13.2 Å². The number of fused-ring (bicyclic) bond motifs is 2. The number of hydrogen-bond acceptors (Lipinski definition) is 6. The molecule has 1 fully saturated rings. The average Bonchev–Trinajstić information content (AvgIpc) is 2.83. The summed E-state index contributed by atoms with van der Waals surface area (Å²) in [4.78, 5) is 19.4. The van der Waals surface area contributed by atoms with Crippen LogP contribution in [0.4, 0.5) is 17.1 Å². The van der Waals surface area contributed by atoms with E-state index >= 15 is 0 Å². The molecule has 34 heavy (non-hydrogen) atoms. The summed E-state index contributed by atoms with van der Waals surface area (Å²) in [7, 11) is -2.39. The van der Waals surface area contributed by atoms with E-state index in [-0.39, 0.29) is 54.5 Å². The van der Waals surface area contributed by atoms with Gasteiger partial charge < -0.3 is 5.11 Å². The molecule has 2 aliphatic heterocycles. The summed E-state index contributed by atoms with van der Waals surface area (Å²) in [5, 5.41) is 9.54. The molecule has 0 aromatic heterocycles. The Labute approximate surface area is 217 Å². The number of nitrogens with zero attached hydrogens (tertiary/aromatic N) is 4. The monoisotopic (exact) mass is 550 g/mol. The topological polar surface area (TPSA) is 84.4 Å². The van der Waals surface area contributed by atoms with E-state index in [1.807, 2.05) is 0 Å². The smallest absolute Gasteiger partial charge is 0.266 e. The number of sulfonamides is 1. The van der Waals surface area contributed by atoms with Crippen molar-refractivity contribution in [1.82, 2.24) is 9.80 Å². The minimum atomic E-state index is -3.89. The van der Waals surface area contributed by atoms with E-state index < -0.39 is 10.0 Å². The van der Waals surface area contributed by atoms with Gasteiger partial charge in [0.05, 0.1) is 30.2 Å². The number of aryl methyl sites for hydroxylation is 1. The molecule has 1 N–H and O–H groups in total. The van der Waals surface area contributed by atoms with Crippen LogP contribution in [0.2, 0.25) is 5.02 Å². The number of anilines is 3. The van der Waals surface area contributed by atoms with E-state index in [1.54, 1.807) is 37.3 Å². The molecule has 1 amide bonds. The van der Waals surface area contributed by atoms with Crippen molar-refractivity contribution in [3.8, 4) is 0 Å². The van der Waals surface area contributed by atoms with Gasteiger partial charge in [-0.2, -0.15) is 0 Å². The lowest BCUT2D eigenvalue weighted by molar-refractivity contribution is -0.119. The highest BCUT2D eigenvalue weighted by atomic mass is 35.5. The number of aliphatic hydroxyl groups excluding tert-OH is 1. The number of para-hydroxylation sites is 2. The summed E-state index contributed by atoms with van der Waals surface area (Å²) < 4.78 is 28.0. The maximum atomic E-state index is 13.6. The van der Waals surface area contributed by atoms with E-state index in [4.69, 9.17) is 16.7 Å².